The molecule has 0 aliphatic rings. The van der Waals surface area contributed by atoms with Crippen LogP contribution < -0.4 is 11.1 Å². The summed E-state index contributed by atoms with van der Waals surface area (Å²) in [7, 11) is 0. The summed E-state index contributed by atoms with van der Waals surface area (Å²) in [6.45, 7) is 0.108. The van der Waals surface area contributed by atoms with Crippen molar-refractivity contribution in [3.05, 3.63) is 64.7 Å². The summed E-state index contributed by atoms with van der Waals surface area (Å²) in [5.74, 6) is -0.578. The summed E-state index contributed by atoms with van der Waals surface area (Å²) in [5.41, 5.74) is 5.22. The van der Waals surface area contributed by atoms with Crippen LogP contribution in [0.5, 0.6) is 0 Å². The van der Waals surface area contributed by atoms with Gasteiger partial charge in [0.25, 0.3) is 0 Å². The lowest BCUT2D eigenvalue weighted by Gasteiger charge is -2.15. The molecule has 0 fully saturated rings. The summed E-state index contributed by atoms with van der Waals surface area (Å²) < 4.78 is 38.9. The molecule has 0 aromatic heterocycles. The molecule has 0 heterocycles. The van der Waals surface area contributed by atoms with Gasteiger partial charge in [-0.1, -0.05) is 12.1 Å². The van der Waals surface area contributed by atoms with Crippen molar-refractivity contribution in [3.8, 4) is 6.07 Å². The zero-order chi connectivity index (χ0) is 17.0. The van der Waals surface area contributed by atoms with Crippen LogP contribution in [0.3, 0.4) is 0 Å². The number of nitrogens with two attached hydrogens (primary N) is 1. The first-order valence-corrected chi connectivity index (χ1v) is 6.55. The normalized spacial score (nSPS) is 10.9. The Kier molecular flexibility index (Phi) is 4.55. The number of nitriles is 1. The highest BCUT2D eigenvalue weighted by Crippen LogP contribution is 2.35. The number of carbonyl (C=O) groups is 1. The van der Waals surface area contributed by atoms with E-state index in [-0.39, 0.29) is 17.8 Å². The SMILES string of the molecule is N#Cc1ccc(C(F)(F)F)c(NCc2ccc(C(N)=O)cc2)c1. The van der Waals surface area contributed by atoms with E-state index in [0.717, 1.165) is 18.2 Å². The molecule has 7 heteroatoms. The van der Waals surface area contributed by atoms with Gasteiger partial charge in [-0.05, 0) is 35.9 Å². The molecule has 0 aliphatic carbocycles. The lowest BCUT2D eigenvalue weighted by Crippen LogP contribution is -2.12. The van der Waals surface area contributed by atoms with Crippen LogP contribution >= 0.6 is 0 Å². The molecule has 2 aromatic carbocycles. The van der Waals surface area contributed by atoms with E-state index in [4.69, 9.17) is 11.0 Å². The van der Waals surface area contributed by atoms with Gasteiger partial charge >= 0.3 is 6.18 Å². The third-order valence-electron chi connectivity index (χ3n) is 3.18. The summed E-state index contributed by atoms with van der Waals surface area (Å²) in [5, 5.41) is 11.5. The summed E-state index contributed by atoms with van der Waals surface area (Å²) >= 11 is 0. The Morgan fingerprint density at radius 1 is 1.17 bits per heavy atom. The molecule has 0 saturated heterocycles. The minimum absolute atomic E-state index is 0.108. The van der Waals surface area contributed by atoms with Crippen molar-refractivity contribution < 1.29 is 18.0 Å². The zero-order valence-electron chi connectivity index (χ0n) is 11.8. The van der Waals surface area contributed by atoms with Gasteiger partial charge in [-0.3, -0.25) is 4.79 Å². The van der Waals surface area contributed by atoms with Gasteiger partial charge in [0.05, 0.1) is 17.2 Å². The smallest absolute Gasteiger partial charge is 0.380 e. The Bertz CT molecular complexity index is 762. The van der Waals surface area contributed by atoms with Gasteiger partial charge in [0.15, 0.2) is 0 Å². The molecular weight excluding hydrogens is 307 g/mol. The van der Waals surface area contributed by atoms with Gasteiger partial charge in [-0.25, -0.2) is 0 Å². The Morgan fingerprint density at radius 3 is 2.35 bits per heavy atom. The third-order valence-corrected chi connectivity index (χ3v) is 3.18. The lowest BCUT2D eigenvalue weighted by atomic mass is 10.1. The Hall–Kier alpha value is -3.01. The summed E-state index contributed by atoms with van der Waals surface area (Å²) in [6, 6.07) is 11.1. The van der Waals surface area contributed by atoms with Gasteiger partial charge in [-0.2, -0.15) is 18.4 Å². The highest BCUT2D eigenvalue weighted by Gasteiger charge is 2.33. The second-order valence-corrected chi connectivity index (χ2v) is 4.78. The first-order chi connectivity index (χ1) is 10.8. The number of alkyl halides is 3. The molecule has 118 valence electrons. The molecule has 0 unspecified atom stereocenters. The van der Waals surface area contributed by atoms with Crippen LogP contribution in [-0.2, 0) is 12.7 Å². The van der Waals surface area contributed by atoms with E-state index in [2.05, 4.69) is 5.32 Å². The number of anilines is 1. The fourth-order valence-corrected chi connectivity index (χ4v) is 1.99. The number of hydrogen-bond acceptors (Lipinski definition) is 3. The molecule has 23 heavy (non-hydrogen) atoms. The Morgan fingerprint density at radius 2 is 1.83 bits per heavy atom. The number of amides is 1. The third kappa shape index (κ3) is 4.01. The molecule has 0 aliphatic heterocycles. The van der Waals surface area contributed by atoms with Crippen LogP contribution in [0.4, 0.5) is 18.9 Å². The van der Waals surface area contributed by atoms with E-state index in [1.165, 1.54) is 12.1 Å². The van der Waals surface area contributed by atoms with E-state index < -0.39 is 17.6 Å². The van der Waals surface area contributed by atoms with Gasteiger partial charge in [-0.15, -0.1) is 0 Å². The number of hydrogen-bond donors (Lipinski definition) is 2. The van der Waals surface area contributed by atoms with E-state index in [9.17, 15) is 18.0 Å². The molecule has 2 rings (SSSR count). The predicted octanol–water partition coefficient (Wildman–Crippen LogP) is 3.29. The average molecular weight is 319 g/mol. The molecule has 4 nitrogen and oxygen atoms in total. The van der Waals surface area contributed by atoms with Crippen molar-refractivity contribution in [1.29, 1.82) is 5.26 Å². The predicted molar refractivity (Wildman–Crippen MR) is 78.4 cm³/mol. The number of rotatable bonds is 4. The number of nitrogens with one attached hydrogen (secondary N) is 1. The van der Waals surface area contributed by atoms with Gasteiger partial charge in [0, 0.05) is 17.8 Å². The molecule has 3 N–H and O–H groups in total. The minimum Gasteiger partial charge on any atom is -0.380 e. The summed E-state index contributed by atoms with van der Waals surface area (Å²) in [6.07, 6.45) is -4.52. The van der Waals surface area contributed by atoms with Crippen molar-refractivity contribution in [2.75, 3.05) is 5.32 Å². The second-order valence-electron chi connectivity index (χ2n) is 4.78. The van der Waals surface area contributed by atoms with Gasteiger partial charge in [0.1, 0.15) is 0 Å². The van der Waals surface area contributed by atoms with Gasteiger partial charge in [0.2, 0.25) is 5.91 Å². The van der Waals surface area contributed by atoms with Crippen molar-refractivity contribution in [2.45, 2.75) is 12.7 Å². The molecular formula is C16H12F3N3O. The van der Waals surface area contributed by atoms with Crippen LogP contribution in [0.15, 0.2) is 42.5 Å². The van der Waals surface area contributed by atoms with E-state index in [1.807, 2.05) is 0 Å². The number of nitrogens with zero attached hydrogens (tertiary/aromatic N) is 1. The number of benzene rings is 2. The highest BCUT2D eigenvalue weighted by molar-refractivity contribution is 5.92. The zero-order valence-corrected chi connectivity index (χ0v) is 11.8. The largest absolute Gasteiger partial charge is 0.418 e. The molecule has 0 saturated carbocycles. The maximum atomic E-state index is 13.0. The molecule has 0 spiro atoms. The minimum atomic E-state index is -4.52. The van der Waals surface area contributed by atoms with Gasteiger partial charge < -0.3 is 11.1 Å². The number of carbonyl (C=O) groups excluding carboxylic acids is 1. The van der Waals surface area contributed by atoms with Crippen LogP contribution in [0.2, 0.25) is 0 Å². The Labute approximate surface area is 130 Å². The standard InChI is InChI=1S/C16H12F3N3O/c17-16(18,19)13-6-3-11(8-20)7-14(13)22-9-10-1-4-12(5-2-10)15(21)23/h1-7,22H,9H2,(H2,21,23). The molecule has 1 amide bonds. The van der Waals surface area contributed by atoms with Crippen LogP contribution in [-0.4, -0.2) is 5.91 Å². The highest BCUT2D eigenvalue weighted by atomic mass is 19.4. The fraction of sp³-hybridized carbons (Fsp3) is 0.125. The maximum Gasteiger partial charge on any atom is 0.418 e. The number of primary amides is 1. The molecule has 2 aromatic rings. The topological polar surface area (TPSA) is 78.9 Å². The quantitative estimate of drug-likeness (QED) is 0.907. The first-order valence-electron chi connectivity index (χ1n) is 6.55. The van der Waals surface area contributed by atoms with E-state index in [1.54, 1.807) is 18.2 Å². The first kappa shape index (κ1) is 16.4. The van der Waals surface area contributed by atoms with Crippen molar-refractivity contribution in [1.82, 2.24) is 0 Å². The van der Waals surface area contributed by atoms with E-state index in [0.29, 0.717) is 11.1 Å². The van der Waals surface area contributed by atoms with Crippen LogP contribution in [0, 0.1) is 11.3 Å². The molecule has 0 radical (unpaired) electrons. The average Bonchev–Trinajstić information content (AvgIpc) is 2.52. The lowest BCUT2D eigenvalue weighted by molar-refractivity contribution is -0.137. The van der Waals surface area contributed by atoms with Crippen molar-refractivity contribution >= 4 is 11.6 Å². The Balaban J connectivity index is 2.22. The van der Waals surface area contributed by atoms with Crippen molar-refractivity contribution in [3.63, 3.8) is 0 Å². The fourth-order valence-electron chi connectivity index (χ4n) is 1.99. The van der Waals surface area contributed by atoms with Crippen LogP contribution in [0.1, 0.15) is 27.0 Å². The monoisotopic (exact) mass is 319 g/mol. The molecule has 0 atom stereocenters. The summed E-state index contributed by atoms with van der Waals surface area (Å²) in [4.78, 5) is 11.0. The number of halogens is 3. The molecule has 0 bridgehead atoms. The van der Waals surface area contributed by atoms with E-state index >= 15 is 0 Å². The van der Waals surface area contributed by atoms with Crippen molar-refractivity contribution in [2.24, 2.45) is 5.73 Å². The van der Waals surface area contributed by atoms with Crippen LogP contribution in [0.25, 0.3) is 0 Å². The second kappa shape index (κ2) is 6.40. The maximum absolute atomic E-state index is 13.0.